The maximum absolute atomic E-state index is 14.3. The number of hydrogen-bond donors (Lipinski definition) is 0. The molecule has 2 aromatic rings. The number of ether oxygens (including phenoxy) is 2. The Hall–Kier alpha value is -2.36. The molecule has 1 fully saturated rings. The summed E-state index contributed by atoms with van der Waals surface area (Å²) in [5.41, 5.74) is 2.56. The highest BCUT2D eigenvalue weighted by molar-refractivity contribution is 5.60. The Labute approximate surface area is 203 Å². The number of hydrogen-bond acceptors (Lipinski definition) is 2. The Balaban J connectivity index is 1.29. The van der Waals surface area contributed by atoms with E-state index in [2.05, 4.69) is 37.3 Å². The summed E-state index contributed by atoms with van der Waals surface area (Å²) >= 11 is 0. The summed E-state index contributed by atoms with van der Waals surface area (Å²) in [5.74, 6) is 1.64. The first-order valence-corrected chi connectivity index (χ1v) is 13.1. The van der Waals surface area contributed by atoms with Gasteiger partial charge in [0.15, 0.2) is 11.6 Å². The van der Waals surface area contributed by atoms with Gasteiger partial charge in [0, 0.05) is 5.56 Å². The SMILES string of the molecule is CCCC1CCC(C2CC=C(c3ccc(CCc4ccc(OCC)c(F)c4F)cc3)OC2)CC1. The summed E-state index contributed by atoms with van der Waals surface area (Å²) in [4.78, 5) is 0. The second-order valence-electron chi connectivity index (χ2n) is 9.93. The monoisotopic (exact) mass is 468 g/mol. The molecule has 1 aliphatic carbocycles. The number of aryl methyl sites for hydroxylation is 2. The van der Waals surface area contributed by atoms with Crippen LogP contribution in [0.4, 0.5) is 8.78 Å². The van der Waals surface area contributed by atoms with Gasteiger partial charge in [-0.15, -0.1) is 0 Å². The molecule has 0 saturated heterocycles. The molecular weight excluding hydrogens is 430 g/mol. The van der Waals surface area contributed by atoms with Crippen molar-refractivity contribution >= 4 is 5.76 Å². The zero-order valence-electron chi connectivity index (χ0n) is 20.6. The molecule has 184 valence electrons. The molecule has 1 saturated carbocycles. The predicted molar refractivity (Wildman–Crippen MR) is 134 cm³/mol. The van der Waals surface area contributed by atoms with Crippen LogP contribution < -0.4 is 4.74 Å². The quantitative estimate of drug-likeness (QED) is 0.370. The molecule has 0 N–H and O–H groups in total. The third-order valence-electron chi connectivity index (χ3n) is 7.66. The Morgan fingerprint density at radius 3 is 2.29 bits per heavy atom. The average molecular weight is 469 g/mol. The van der Waals surface area contributed by atoms with Gasteiger partial charge in [0.05, 0.1) is 13.2 Å². The van der Waals surface area contributed by atoms with E-state index in [1.807, 2.05) is 0 Å². The molecule has 1 unspecified atom stereocenters. The summed E-state index contributed by atoms with van der Waals surface area (Å²) in [7, 11) is 0. The number of halogens is 2. The van der Waals surface area contributed by atoms with Crippen LogP contribution in [0.5, 0.6) is 5.75 Å². The first-order chi connectivity index (χ1) is 16.6. The molecule has 4 rings (SSSR count). The van der Waals surface area contributed by atoms with Crippen LogP contribution in [0.15, 0.2) is 42.5 Å². The minimum atomic E-state index is -0.900. The Morgan fingerprint density at radius 2 is 1.65 bits per heavy atom. The van der Waals surface area contributed by atoms with Gasteiger partial charge in [-0.2, -0.15) is 4.39 Å². The summed E-state index contributed by atoms with van der Waals surface area (Å²) in [5, 5.41) is 0. The van der Waals surface area contributed by atoms with Crippen molar-refractivity contribution < 1.29 is 18.3 Å². The van der Waals surface area contributed by atoms with Gasteiger partial charge in [-0.25, -0.2) is 4.39 Å². The first-order valence-electron chi connectivity index (χ1n) is 13.1. The van der Waals surface area contributed by atoms with Gasteiger partial charge in [-0.3, -0.25) is 0 Å². The Bertz CT molecular complexity index is 959. The fourth-order valence-electron chi connectivity index (χ4n) is 5.61. The third-order valence-corrected chi connectivity index (χ3v) is 7.66. The molecule has 1 atom stereocenters. The highest BCUT2D eigenvalue weighted by Crippen LogP contribution is 2.39. The largest absolute Gasteiger partial charge is 0.493 e. The molecule has 34 heavy (non-hydrogen) atoms. The zero-order valence-corrected chi connectivity index (χ0v) is 20.6. The van der Waals surface area contributed by atoms with Crippen molar-refractivity contribution in [2.75, 3.05) is 13.2 Å². The average Bonchev–Trinajstić information content (AvgIpc) is 2.88. The van der Waals surface area contributed by atoms with Crippen LogP contribution in [0, 0.1) is 29.4 Å². The highest BCUT2D eigenvalue weighted by atomic mass is 19.2. The van der Waals surface area contributed by atoms with Crippen molar-refractivity contribution in [2.45, 2.75) is 71.6 Å². The molecule has 1 heterocycles. The lowest BCUT2D eigenvalue weighted by atomic mass is 9.73. The molecule has 2 aliphatic rings. The fraction of sp³-hybridized carbons (Fsp3) is 0.533. The molecule has 0 spiro atoms. The minimum absolute atomic E-state index is 0.0275. The van der Waals surface area contributed by atoms with Gasteiger partial charge in [-0.05, 0) is 80.1 Å². The lowest BCUT2D eigenvalue weighted by molar-refractivity contribution is 0.117. The Kier molecular flexibility index (Phi) is 8.64. The van der Waals surface area contributed by atoms with Crippen LogP contribution in [-0.4, -0.2) is 13.2 Å². The number of benzene rings is 2. The van der Waals surface area contributed by atoms with Crippen molar-refractivity contribution in [3.8, 4) is 5.75 Å². The van der Waals surface area contributed by atoms with E-state index in [9.17, 15) is 8.78 Å². The molecule has 2 nitrogen and oxygen atoms in total. The van der Waals surface area contributed by atoms with Crippen molar-refractivity contribution in [1.29, 1.82) is 0 Å². The Morgan fingerprint density at radius 1 is 0.882 bits per heavy atom. The van der Waals surface area contributed by atoms with E-state index in [0.29, 0.717) is 30.9 Å². The lowest BCUT2D eigenvalue weighted by Crippen LogP contribution is -2.26. The maximum atomic E-state index is 14.3. The second kappa shape index (κ2) is 11.9. The summed E-state index contributed by atoms with van der Waals surface area (Å²) in [6.07, 6.45) is 12.6. The number of allylic oxidation sites excluding steroid dienone is 1. The third kappa shape index (κ3) is 6.00. The second-order valence-corrected chi connectivity index (χ2v) is 9.93. The van der Waals surface area contributed by atoms with Crippen LogP contribution in [0.1, 0.15) is 75.5 Å². The van der Waals surface area contributed by atoms with E-state index in [0.717, 1.165) is 41.7 Å². The van der Waals surface area contributed by atoms with Crippen LogP contribution in [0.2, 0.25) is 0 Å². The zero-order chi connectivity index (χ0) is 23.9. The summed E-state index contributed by atoms with van der Waals surface area (Å²) < 4.78 is 39.8. The van der Waals surface area contributed by atoms with Crippen LogP contribution in [-0.2, 0) is 17.6 Å². The van der Waals surface area contributed by atoms with E-state index in [1.165, 1.54) is 44.6 Å². The van der Waals surface area contributed by atoms with E-state index >= 15 is 0 Å². The van der Waals surface area contributed by atoms with Gasteiger partial charge in [0.25, 0.3) is 0 Å². The normalized spacial score (nSPS) is 22.7. The van der Waals surface area contributed by atoms with Crippen molar-refractivity contribution in [2.24, 2.45) is 17.8 Å². The van der Waals surface area contributed by atoms with E-state index < -0.39 is 11.6 Å². The van der Waals surface area contributed by atoms with E-state index in [-0.39, 0.29) is 5.75 Å². The maximum Gasteiger partial charge on any atom is 0.200 e. The van der Waals surface area contributed by atoms with Gasteiger partial charge >= 0.3 is 0 Å². The predicted octanol–water partition coefficient (Wildman–Crippen LogP) is 8.13. The standard InChI is InChI=1S/C30H38F2O2/c1-3-5-21-6-11-23(12-7-21)26-17-18-27(34-20-26)24-13-8-22(9-14-24)10-15-25-16-19-28(33-4-2)30(32)29(25)31/h8-9,13-14,16,18-19,21,23,26H,3-7,10-12,15,17,20H2,1-2H3. The molecule has 4 heteroatoms. The molecular formula is C30H38F2O2. The van der Waals surface area contributed by atoms with Crippen molar-refractivity contribution in [1.82, 2.24) is 0 Å². The minimum Gasteiger partial charge on any atom is -0.493 e. The van der Waals surface area contributed by atoms with Crippen LogP contribution >= 0.6 is 0 Å². The molecule has 0 bridgehead atoms. The van der Waals surface area contributed by atoms with Gasteiger partial charge in [-0.1, -0.05) is 62.9 Å². The number of rotatable bonds is 9. The molecule has 0 aromatic heterocycles. The lowest BCUT2D eigenvalue weighted by Gasteiger charge is -2.35. The first kappa shape index (κ1) is 24.8. The van der Waals surface area contributed by atoms with Gasteiger partial charge < -0.3 is 9.47 Å². The van der Waals surface area contributed by atoms with Gasteiger partial charge in [0.1, 0.15) is 5.76 Å². The molecule has 0 amide bonds. The van der Waals surface area contributed by atoms with E-state index in [1.54, 1.807) is 13.0 Å². The topological polar surface area (TPSA) is 18.5 Å². The van der Waals surface area contributed by atoms with E-state index in [4.69, 9.17) is 9.47 Å². The summed E-state index contributed by atoms with van der Waals surface area (Å²) in [6, 6.07) is 11.4. The van der Waals surface area contributed by atoms with Gasteiger partial charge in [0.2, 0.25) is 5.82 Å². The van der Waals surface area contributed by atoms with Crippen LogP contribution in [0.3, 0.4) is 0 Å². The van der Waals surface area contributed by atoms with Crippen LogP contribution in [0.25, 0.3) is 5.76 Å². The highest BCUT2D eigenvalue weighted by Gasteiger charge is 2.29. The summed E-state index contributed by atoms with van der Waals surface area (Å²) in [6.45, 7) is 5.17. The van der Waals surface area contributed by atoms with Crippen molar-refractivity contribution in [3.05, 3.63) is 70.8 Å². The smallest absolute Gasteiger partial charge is 0.200 e. The molecule has 1 aliphatic heterocycles. The molecule has 0 radical (unpaired) electrons. The van der Waals surface area contributed by atoms with Crippen molar-refractivity contribution in [3.63, 3.8) is 0 Å². The molecule has 2 aromatic carbocycles. The fourth-order valence-corrected chi connectivity index (χ4v) is 5.61.